The van der Waals surface area contributed by atoms with E-state index in [2.05, 4.69) is 20.4 Å². The lowest BCUT2D eigenvalue weighted by molar-refractivity contribution is -0.667. The van der Waals surface area contributed by atoms with Gasteiger partial charge in [-0.2, -0.15) is 0 Å². The minimum atomic E-state index is -1.84. The van der Waals surface area contributed by atoms with E-state index < -0.39 is 58.5 Å². The number of rotatable bonds is 11. The van der Waals surface area contributed by atoms with E-state index in [0.29, 0.717) is 11.1 Å². The molecule has 1 fully saturated rings. The van der Waals surface area contributed by atoms with Gasteiger partial charge in [-0.1, -0.05) is 16.2 Å². The molecule has 2 aromatic heterocycles. The van der Waals surface area contributed by atoms with Crippen molar-refractivity contribution in [2.75, 3.05) is 34.5 Å². The lowest BCUT2D eigenvalue weighted by atomic mass is 10.0. The number of nitrogen functional groups attached to an aromatic ring is 4. The molecule has 2 aliphatic heterocycles. The first-order valence-corrected chi connectivity index (χ1v) is 16.3. The van der Waals surface area contributed by atoms with Crippen molar-refractivity contribution in [1.82, 2.24) is 20.2 Å². The van der Waals surface area contributed by atoms with Crippen LogP contribution in [0.25, 0.3) is 0 Å². The van der Waals surface area contributed by atoms with Crippen LogP contribution in [0.5, 0.6) is 11.5 Å². The number of benzene rings is 1. The number of β-lactam (4-membered cyclic amide) rings is 1. The van der Waals surface area contributed by atoms with Crippen LogP contribution in [-0.2, 0) is 24.0 Å². The normalized spacial score (nSPS) is 18.1. The molecule has 3 aromatic rings. The van der Waals surface area contributed by atoms with E-state index in [-0.39, 0.29) is 50.4 Å². The summed E-state index contributed by atoms with van der Waals surface area (Å²) in [7, 11) is 0. The number of aromatic nitrogens is 3. The number of aromatic hydroxyl groups is 2. The first-order chi connectivity index (χ1) is 22.7. The van der Waals surface area contributed by atoms with Crippen molar-refractivity contribution in [1.29, 1.82) is 0 Å². The highest BCUT2D eigenvalue weighted by molar-refractivity contribution is 8.01. The number of hydrogen-bond donors (Lipinski definition) is 8. The van der Waals surface area contributed by atoms with Gasteiger partial charge < -0.3 is 52.6 Å². The van der Waals surface area contributed by atoms with Crippen LogP contribution in [0.15, 0.2) is 45.2 Å². The molecule has 252 valence electrons. The summed E-state index contributed by atoms with van der Waals surface area (Å²) in [4.78, 5) is 65.3. The topological polar surface area (TPSA) is 323 Å². The molecular formula is C26H26N10O9S3. The second-order valence-corrected chi connectivity index (χ2v) is 13.1. The van der Waals surface area contributed by atoms with Gasteiger partial charge in [0.25, 0.3) is 11.8 Å². The number of phenols is 2. The SMILES string of the molecule is Cc1c(N)nc(SCC2=C(C(=O)[O-])N3C(=O)C(NC(=O)/C(=N\OC(C(=O)O)c4ccc(O)c(O)c4)c4csc(N)n4)[C@H]3SC2)[n+](N)c1N. The van der Waals surface area contributed by atoms with Crippen molar-refractivity contribution in [2.45, 2.75) is 29.6 Å². The van der Waals surface area contributed by atoms with Gasteiger partial charge in [-0.25, -0.2) is 9.78 Å². The third kappa shape index (κ3) is 6.39. The first kappa shape index (κ1) is 33.9. The Morgan fingerprint density at radius 3 is 2.60 bits per heavy atom. The second kappa shape index (κ2) is 13.3. The molecule has 19 nitrogen and oxygen atoms in total. The Hall–Kier alpha value is -5.48. The number of hydrogen-bond acceptors (Lipinski definition) is 18. The van der Waals surface area contributed by atoms with Crippen molar-refractivity contribution >= 4 is 81.1 Å². The quantitative estimate of drug-likeness (QED) is 0.0152. The van der Waals surface area contributed by atoms with Crippen LogP contribution < -0.4 is 38.1 Å². The average Bonchev–Trinajstić information content (AvgIpc) is 3.47. The van der Waals surface area contributed by atoms with Crippen LogP contribution in [-0.4, -0.2) is 82.6 Å². The van der Waals surface area contributed by atoms with Crippen LogP contribution in [0.3, 0.4) is 0 Å². The van der Waals surface area contributed by atoms with E-state index in [0.717, 1.165) is 50.9 Å². The Kier molecular flexibility index (Phi) is 9.40. The number of carboxylic acids is 2. The lowest BCUT2D eigenvalue weighted by Gasteiger charge is -2.50. The molecule has 3 atom stereocenters. The zero-order chi connectivity index (χ0) is 35.0. The number of nitrogens with one attached hydrogen (secondary N) is 1. The lowest BCUT2D eigenvalue weighted by Crippen LogP contribution is -2.71. The van der Waals surface area contributed by atoms with Crippen LogP contribution in [0.4, 0.5) is 16.8 Å². The smallest absolute Gasteiger partial charge is 0.352 e. The molecule has 0 saturated carbocycles. The number of oxime groups is 1. The largest absolute Gasteiger partial charge is 0.543 e. The molecule has 12 N–H and O–H groups in total. The van der Waals surface area contributed by atoms with Gasteiger partial charge in [-0.3, -0.25) is 20.3 Å². The van der Waals surface area contributed by atoms with Crippen LogP contribution in [0, 0.1) is 6.92 Å². The first-order valence-electron chi connectivity index (χ1n) is 13.4. The number of carbonyl (C=O) groups excluding carboxylic acids is 3. The fourth-order valence-corrected chi connectivity index (χ4v) is 7.53. The third-order valence-electron chi connectivity index (χ3n) is 7.11. The number of nitrogens with zero attached hydrogens (tertiary/aromatic N) is 5. The standard InChI is InChI=1S/C26H26N10O9S3/c1-8-18(27)33-26(36(30)19(8)28)48-6-10-5-46-22-15(21(40)35(22)16(10)23(41)42)32-20(39)14(11-7-47-25(29)31-11)34-45-17(24(43)44)9-2-3-12(37)13(38)4-9/h2-4,7,15,17,22H,5-6,30H2,1H3,(H10,27,28,29,31,32,34,37,38,39,41,42,43,44)/t15?,17?,22-/m1/s1. The predicted octanol–water partition coefficient (Wildman–Crippen LogP) is -2.25. The summed E-state index contributed by atoms with van der Waals surface area (Å²) in [6.45, 7) is 1.64. The molecular weight excluding hydrogens is 693 g/mol. The van der Waals surface area contributed by atoms with Gasteiger partial charge in [0, 0.05) is 22.4 Å². The third-order valence-corrected chi connectivity index (χ3v) is 10.2. The molecule has 1 saturated heterocycles. The molecule has 5 rings (SSSR count). The molecule has 0 bridgehead atoms. The number of anilines is 3. The number of carbonyl (C=O) groups is 4. The number of carboxylic acid groups (broad SMARTS) is 2. The summed E-state index contributed by atoms with van der Waals surface area (Å²) in [5.74, 6) is 0.414. The minimum absolute atomic E-state index is 0.0398. The molecule has 0 aliphatic carbocycles. The van der Waals surface area contributed by atoms with Crippen molar-refractivity contribution in [3.8, 4) is 11.5 Å². The fourth-order valence-electron chi connectivity index (χ4n) is 4.56. The maximum absolute atomic E-state index is 13.5. The van der Waals surface area contributed by atoms with E-state index in [1.165, 1.54) is 17.1 Å². The number of fused-ring (bicyclic) bond motifs is 1. The molecule has 2 aliphatic rings. The Morgan fingerprint density at radius 2 is 1.98 bits per heavy atom. The Bertz CT molecular complexity index is 1920. The van der Waals surface area contributed by atoms with Crippen molar-refractivity contribution in [2.24, 2.45) is 5.16 Å². The van der Waals surface area contributed by atoms with E-state index in [4.69, 9.17) is 27.9 Å². The number of thiazole rings is 1. The predicted molar refractivity (Wildman–Crippen MR) is 170 cm³/mol. The van der Waals surface area contributed by atoms with E-state index in [9.17, 15) is 39.6 Å². The molecule has 0 spiro atoms. The Balaban J connectivity index is 1.36. The number of thioether (sulfide) groups is 2. The molecule has 0 radical (unpaired) electrons. The van der Waals surface area contributed by atoms with Gasteiger partial charge in [-0.05, 0) is 36.4 Å². The average molecular weight is 719 g/mol. The molecule has 2 unspecified atom stereocenters. The summed E-state index contributed by atoms with van der Waals surface area (Å²) in [6, 6.07) is 1.92. The minimum Gasteiger partial charge on any atom is -0.543 e. The molecule has 22 heteroatoms. The Morgan fingerprint density at radius 1 is 1.25 bits per heavy atom. The van der Waals surface area contributed by atoms with Gasteiger partial charge in [0.15, 0.2) is 22.3 Å². The van der Waals surface area contributed by atoms with Gasteiger partial charge >= 0.3 is 11.1 Å². The second-order valence-electron chi connectivity index (χ2n) is 10.1. The van der Waals surface area contributed by atoms with Crippen molar-refractivity contribution < 1.29 is 49.1 Å². The molecule has 2 amide bonds. The summed E-state index contributed by atoms with van der Waals surface area (Å²) in [5.41, 5.74) is 17.2. The number of aliphatic carboxylic acids is 2. The fraction of sp³-hybridized carbons (Fsp3) is 0.231. The highest BCUT2D eigenvalue weighted by Crippen LogP contribution is 2.41. The van der Waals surface area contributed by atoms with E-state index >= 15 is 0 Å². The number of amides is 2. The van der Waals surface area contributed by atoms with Gasteiger partial charge in [0.05, 0.1) is 17.2 Å². The summed E-state index contributed by atoms with van der Waals surface area (Å²) < 4.78 is 1.11. The summed E-state index contributed by atoms with van der Waals surface area (Å²) in [6.07, 6.45) is -1.84. The van der Waals surface area contributed by atoms with Crippen LogP contribution in [0.1, 0.15) is 22.9 Å². The van der Waals surface area contributed by atoms with E-state index in [1.807, 2.05) is 0 Å². The summed E-state index contributed by atoms with van der Waals surface area (Å²) >= 11 is 3.16. The zero-order valence-corrected chi connectivity index (χ0v) is 27.0. The summed E-state index contributed by atoms with van der Waals surface area (Å²) in [5, 5.41) is 48.2. The van der Waals surface area contributed by atoms with Crippen LogP contribution in [0.2, 0.25) is 0 Å². The van der Waals surface area contributed by atoms with Crippen molar-refractivity contribution in [3.05, 3.63) is 51.7 Å². The van der Waals surface area contributed by atoms with Gasteiger partial charge in [0.1, 0.15) is 17.1 Å². The molecule has 4 heterocycles. The van der Waals surface area contributed by atoms with E-state index in [1.54, 1.807) is 6.92 Å². The molecule has 48 heavy (non-hydrogen) atoms. The highest BCUT2D eigenvalue weighted by Gasteiger charge is 2.53. The van der Waals surface area contributed by atoms with Crippen molar-refractivity contribution in [3.63, 3.8) is 0 Å². The number of nitrogens with two attached hydrogens (primary N) is 4. The number of phenolic OH excluding ortho intramolecular Hbond substituents is 2. The Labute approximate surface area is 282 Å². The van der Waals surface area contributed by atoms with Gasteiger partial charge in [-0.15, -0.1) is 27.8 Å². The maximum atomic E-state index is 13.5. The van der Waals surface area contributed by atoms with Crippen LogP contribution >= 0.6 is 34.9 Å². The maximum Gasteiger partial charge on any atom is 0.352 e. The highest BCUT2D eigenvalue weighted by atomic mass is 32.2. The van der Waals surface area contributed by atoms with Gasteiger partial charge in [0.2, 0.25) is 17.7 Å². The monoisotopic (exact) mass is 718 g/mol. The zero-order valence-electron chi connectivity index (χ0n) is 24.5. The molecule has 1 aromatic carbocycles.